The molecule has 0 spiro atoms. The predicted octanol–water partition coefficient (Wildman–Crippen LogP) is 3.96. The second kappa shape index (κ2) is 12.0. The number of hydrogen-bond donors (Lipinski definition) is 1. The van der Waals surface area contributed by atoms with E-state index in [-0.39, 0.29) is 5.56 Å². The van der Waals surface area contributed by atoms with E-state index < -0.39 is 0 Å². The first-order valence-corrected chi connectivity index (χ1v) is 11.0. The largest absolute Gasteiger partial charge is 0.480 e. The van der Waals surface area contributed by atoms with Gasteiger partial charge in [0.1, 0.15) is 0 Å². The fourth-order valence-corrected chi connectivity index (χ4v) is 3.22. The van der Waals surface area contributed by atoms with Crippen LogP contribution in [0.2, 0.25) is 0 Å². The van der Waals surface area contributed by atoms with E-state index in [0.29, 0.717) is 32.2 Å². The van der Waals surface area contributed by atoms with Gasteiger partial charge in [0.2, 0.25) is 0 Å². The molecule has 0 saturated heterocycles. The minimum atomic E-state index is -0.151. The summed E-state index contributed by atoms with van der Waals surface area (Å²) in [6, 6.07) is 19.1. The molecular weight excluding hydrogens is 416 g/mol. The molecule has 0 saturated carbocycles. The van der Waals surface area contributed by atoms with Crippen molar-refractivity contribution in [2.75, 3.05) is 39.2 Å². The van der Waals surface area contributed by atoms with Gasteiger partial charge in [-0.3, -0.25) is 4.79 Å². The van der Waals surface area contributed by atoms with Crippen LogP contribution >= 0.6 is 0 Å². The molecule has 0 radical (unpaired) electrons. The number of rotatable bonds is 12. The van der Waals surface area contributed by atoms with Gasteiger partial charge in [-0.15, -0.1) is 0 Å². The molecular formula is C26H32N4O3. The van der Waals surface area contributed by atoms with Gasteiger partial charge in [-0.1, -0.05) is 36.4 Å². The molecule has 1 heterocycles. The van der Waals surface area contributed by atoms with Crippen molar-refractivity contribution in [3.63, 3.8) is 0 Å². The highest BCUT2D eigenvalue weighted by molar-refractivity contribution is 5.58. The van der Waals surface area contributed by atoms with Crippen molar-refractivity contribution in [2.24, 2.45) is 0 Å². The summed E-state index contributed by atoms with van der Waals surface area (Å²) < 4.78 is 12.5. The highest BCUT2D eigenvalue weighted by atomic mass is 16.5. The standard InChI is InChI=1S/C26H32N4O3/c1-5-33-20(2)27-24-8-6-7-22(17-24)18-30-26(31)14-13-25(28-30)23-11-9-21(10-12-23)19-32-16-15-29(3)4/h6-14,17,27H,2,5,15-16,18-19H2,1,3-4H3. The summed E-state index contributed by atoms with van der Waals surface area (Å²) in [5.74, 6) is 0.485. The first kappa shape index (κ1) is 24.2. The molecule has 3 rings (SSSR count). The lowest BCUT2D eigenvalue weighted by Crippen LogP contribution is -2.22. The van der Waals surface area contributed by atoms with Crippen LogP contribution in [0.3, 0.4) is 0 Å². The van der Waals surface area contributed by atoms with E-state index in [1.54, 1.807) is 12.1 Å². The molecule has 0 fully saturated rings. The third kappa shape index (κ3) is 7.59. The van der Waals surface area contributed by atoms with Crippen LogP contribution in [0.4, 0.5) is 5.69 Å². The zero-order valence-electron chi connectivity index (χ0n) is 19.6. The number of nitrogens with zero attached hydrogens (tertiary/aromatic N) is 3. The number of hydrogen-bond acceptors (Lipinski definition) is 6. The van der Waals surface area contributed by atoms with Crippen LogP contribution in [-0.4, -0.2) is 48.5 Å². The molecule has 3 aromatic rings. The maximum atomic E-state index is 12.4. The van der Waals surface area contributed by atoms with Gasteiger partial charge in [-0.05, 0) is 56.9 Å². The predicted molar refractivity (Wildman–Crippen MR) is 132 cm³/mol. The Hall–Kier alpha value is -3.42. The highest BCUT2D eigenvalue weighted by Crippen LogP contribution is 2.18. The van der Waals surface area contributed by atoms with Crippen LogP contribution in [0.5, 0.6) is 0 Å². The lowest BCUT2D eigenvalue weighted by atomic mass is 10.1. The molecule has 2 aromatic carbocycles. The summed E-state index contributed by atoms with van der Waals surface area (Å²) in [4.78, 5) is 14.5. The van der Waals surface area contributed by atoms with Crippen LogP contribution < -0.4 is 10.9 Å². The van der Waals surface area contributed by atoms with E-state index in [1.807, 2.05) is 69.6 Å². The fourth-order valence-electron chi connectivity index (χ4n) is 3.22. The second-order valence-electron chi connectivity index (χ2n) is 7.95. The van der Waals surface area contributed by atoms with Gasteiger partial charge >= 0.3 is 0 Å². The van der Waals surface area contributed by atoms with Gasteiger partial charge in [0.05, 0.1) is 32.1 Å². The maximum absolute atomic E-state index is 12.4. The maximum Gasteiger partial charge on any atom is 0.267 e. The first-order chi connectivity index (χ1) is 15.9. The topological polar surface area (TPSA) is 68.6 Å². The molecule has 7 nitrogen and oxygen atoms in total. The third-order valence-electron chi connectivity index (χ3n) is 4.93. The number of anilines is 1. The lowest BCUT2D eigenvalue weighted by Gasteiger charge is -2.12. The molecule has 0 atom stereocenters. The summed E-state index contributed by atoms with van der Waals surface area (Å²) in [6.07, 6.45) is 0. The number of likely N-dealkylation sites (N-methyl/N-ethyl adjacent to an activating group) is 1. The molecule has 0 aliphatic heterocycles. The summed E-state index contributed by atoms with van der Waals surface area (Å²) in [7, 11) is 4.05. The van der Waals surface area contributed by atoms with E-state index in [4.69, 9.17) is 9.47 Å². The monoisotopic (exact) mass is 448 g/mol. The Kier molecular flexibility index (Phi) is 8.80. The average Bonchev–Trinajstić information content (AvgIpc) is 2.79. The Morgan fingerprint density at radius 1 is 1.09 bits per heavy atom. The Morgan fingerprint density at radius 3 is 2.61 bits per heavy atom. The van der Waals surface area contributed by atoms with Gasteiger partial charge in [-0.2, -0.15) is 5.10 Å². The van der Waals surface area contributed by atoms with Crippen molar-refractivity contribution in [1.29, 1.82) is 0 Å². The Labute approximate surface area is 195 Å². The summed E-state index contributed by atoms with van der Waals surface area (Å²) >= 11 is 0. The van der Waals surface area contributed by atoms with Crippen molar-refractivity contribution in [1.82, 2.24) is 14.7 Å². The lowest BCUT2D eigenvalue weighted by molar-refractivity contribution is 0.105. The van der Waals surface area contributed by atoms with E-state index >= 15 is 0 Å². The Bertz CT molecular complexity index is 1110. The zero-order chi connectivity index (χ0) is 23.6. The third-order valence-corrected chi connectivity index (χ3v) is 4.93. The molecule has 0 aliphatic carbocycles. The molecule has 33 heavy (non-hydrogen) atoms. The number of aromatic nitrogens is 2. The van der Waals surface area contributed by atoms with Gasteiger partial charge in [0.15, 0.2) is 5.88 Å². The highest BCUT2D eigenvalue weighted by Gasteiger charge is 2.06. The molecule has 0 amide bonds. The van der Waals surface area contributed by atoms with E-state index in [9.17, 15) is 4.79 Å². The molecule has 0 unspecified atom stereocenters. The SMILES string of the molecule is C=C(Nc1cccc(Cn2nc(-c3ccc(COCCN(C)C)cc3)ccc2=O)c1)OCC. The van der Waals surface area contributed by atoms with Crippen LogP contribution in [0.15, 0.2) is 77.9 Å². The smallest absolute Gasteiger partial charge is 0.267 e. The van der Waals surface area contributed by atoms with Gasteiger partial charge in [-0.25, -0.2) is 4.68 Å². The van der Waals surface area contributed by atoms with Crippen molar-refractivity contribution in [2.45, 2.75) is 20.1 Å². The summed E-state index contributed by atoms with van der Waals surface area (Å²) in [5.41, 5.74) is 4.43. The van der Waals surface area contributed by atoms with Crippen molar-refractivity contribution >= 4 is 5.69 Å². The zero-order valence-corrected chi connectivity index (χ0v) is 19.6. The van der Waals surface area contributed by atoms with Crippen molar-refractivity contribution in [3.05, 3.63) is 94.6 Å². The van der Waals surface area contributed by atoms with Crippen molar-refractivity contribution < 1.29 is 9.47 Å². The van der Waals surface area contributed by atoms with E-state index in [1.165, 1.54) is 4.68 Å². The normalized spacial score (nSPS) is 10.9. The molecule has 1 aromatic heterocycles. The average molecular weight is 449 g/mol. The molecule has 0 bridgehead atoms. The van der Waals surface area contributed by atoms with Crippen LogP contribution in [-0.2, 0) is 22.6 Å². The molecule has 174 valence electrons. The van der Waals surface area contributed by atoms with Gasteiger partial charge < -0.3 is 19.7 Å². The second-order valence-corrected chi connectivity index (χ2v) is 7.95. The van der Waals surface area contributed by atoms with E-state index in [2.05, 4.69) is 21.9 Å². The van der Waals surface area contributed by atoms with Crippen LogP contribution in [0.1, 0.15) is 18.1 Å². The first-order valence-electron chi connectivity index (χ1n) is 11.0. The minimum absolute atomic E-state index is 0.151. The fraction of sp³-hybridized carbons (Fsp3) is 0.308. The Morgan fingerprint density at radius 2 is 1.88 bits per heavy atom. The molecule has 1 N–H and O–H groups in total. The van der Waals surface area contributed by atoms with Crippen LogP contribution in [0.25, 0.3) is 11.3 Å². The molecule has 0 aliphatic rings. The Balaban J connectivity index is 1.69. The quantitative estimate of drug-likeness (QED) is 0.334. The summed E-state index contributed by atoms with van der Waals surface area (Å²) in [6.45, 7) is 8.80. The number of ether oxygens (including phenoxy) is 2. The van der Waals surface area contributed by atoms with E-state index in [0.717, 1.165) is 34.6 Å². The van der Waals surface area contributed by atoms with Crippen molar-refractivity contribution in [3.8, 4) is 11.3 Å². The molecule has 7 heteroatoms. The van der Waals surface area contributed by atoms with Gasteiger partial charge in [0, 0.05) is 23.9 Å². The number of benzene rings is 2. The number of nitrogens with one attached hydrogen (secondary N) is 1. The minimum Gasteiger partial charge on any atom is -0.480 e. The van der Waals surface area contributed by atoms with Crippen LogP contribution in [0, 0.1) is 0 Å². The van der Waals surface area contributed by atoms with Gasteiger partial charge in [0.25, 0.3) is 5.56 Å². The summed E-state index contributed by atoms with van der Waals surface area (Å²) in [5, 5.41) is 7.70.